The topological polar surface area (TPSA) is 78.5 Å². The lowest BCUT2D eigenvalue weighted by atomic mass is 9.86. The van der Waals surface area contributed by atoms with Gasteiger partial charge in [-0.1, -0.05) is 11.3 Å². The van der Waals surface area contributed by atoms with Gasteiger partial charge >= 0.3 is 0 Å². The number of fused-ring (bicyclic) bond motifs is 1. The minimum atomic E-state index is 0.491. The average Bonchev–Trinajstić information content (AvgIpc) is 3.10. The van der Waals surface area contributed by atoms with E-state index in [4.69, 9.17) is 0 Å². The van der Waals surface area contributed by atoms with Crippen molar-refractivity contribution < 1.29 is 0 Å². The summed E-state index contributed by atoms with van der Waals surface area (Å²) in [5.74, 6) is 0. The molecule has 0 amide bonds. The van der Waals surface area contributed by atoms with Crippen LogP contribution >= 0.6 is 11.3 Å². The van der Waals surface area contributed by atoms with Gasteiger partial charge in [0, 0.05) is 29.9 Å². The third-order valence-corrected chi connectivity index (χ3v) is 5.11. The van der Waals surface area contributed by atoms with E-state index in [1.54, 1.807) is 11.3 Å². The van der Waals surface area contributed by atoms with Gasteiger partial charge in [0.05, 0.1) is 11.3 Å². The summed E-state index contributed by atoms with van der Waals surface area (Å²) in [7, 11) is 2.02. The molecule has 3 aromatic heterocycles. The van der Waals surface area contributed by atoms with Gasteiger partial charge in [0.25, 0.3) is 0 Å². The van der Waals surface area contributed by atoms with E-state index >= 15 is 0 Å². The predicted octanol–water partition coefficient (Wildman–Crippen LogP) is 2.55. The molecule has 114 valence electrons. The highest BCUT2D eigenvalue weighted by Gasteiger charge is 2.29. The lowest BCUT2D eigenvalue weighted by molar-refractivity contribution is 0.327. The zero-order valence-electron chi connectivity index (χ0n) is 12.6. The van der Waals surface area contributed by atoms with Crippen LogP contribution in [0, 0.1) is 6.92 Å². The first kappa shape index (κ1) is 13.7. The number of aromatic nitrogens is 4. The highest BCUT2D eigenvalue weighted by atomic mass is 32.1. The van der Waals surface area contributed by atoms with Crippen LogP contribution < -0.4 is 10.6 Å². The Labute approximate surface area is 132 Å². The number of rotatable bonds is 4. The lowest BCUT2D eigenvalue weighted by Crippen LogP contribution is -2.46. The molecule has 0 unspecified atom stereocenters. The second-order valence-corrected chi connectivity index (χ2v) is 6.89. The SMILES string of the molecule is CNC1CC(Nc2c(-c3nnc(C)s3)cnc3[nH]ccc23)C1. The van der Waals surface area contributed by atoms with Crippen molar-refractivity contribution in [3.63, 3.8) is 0 Å². The Hall–Kier alpha value is -1.99. The van der Waals surface area contributed by atoms with Gasteiger partial charge in [0.2, 0.25) is 0 Å². The van der Waals surface area contributed by atoms with Crippen molar-refractivity contribution in [1.82, 2.24) is 25.5 Å². The van der Waals surface area contributed by atoms with Crippen LogP contribution in [-0.2, 0) is 0 Å². The summed E-state index contributed by atoms with van der Waals surface area (Å²) in [6.07, 6.45) is 6.09. The standard InChI is InChI=1S/C15H18N6S/c1-8-20-21-15(22-8)12-7-18-14-11(3-4-17-14)13(12)19-10-5-9(6-10)16-2/h3-4,7,9-10,16H,5-6H2,1-2H3,(H2,17,18,19). The molecule has 0 aromatic carbocycles. The Kier molecular flexibility index (Phi) is 3.31. The second kappa shape index (κ2) is 5.33. The molecular weight excluding hydrogens is 296 g/mol. The van der Waals surface area contributed by atoms with Crippen molar-refractivity contribution in [2.75, 3.05) is 12.4 Å². The number of nitrogens with one attached hydrogen (secondary N) is 3. The van der Waals surface area contributed by atoms with Crippen molar-refractivity contribution in [1.29, 1.82) is 0 Å². The van der Waals surface area contributed by atoms with Crippen LogP contribution in [0.2, 0.25) is 0 Å². The number of anilines is 1. The molecule has 3 aromatic rings. The number of aryl methyl sites for hydroxylation is 1. The van der Waals surface area contributed by atoms with E-state index in [9.17, 15) is 0 Å². The Morgan fingerprint density at radius 2 is 2.14 bits per heavy atom. The normalized spacial score (nSPS) is 21.0. The summed E-state index contributed by atoms with van der Waals surface area (Å²) >= 11 is 1.60. The molecule has 0 atom stereocenters. The van der Waals surface area contributed by atoms with E-state index in [1.807, 2.05) is 26.4 Å². The maximum Gasteiger partial charge on any atom is 0.151 e. The van der Waals surface area contributed by atoms with Gasteiger partial charge in [-0.05, 0) is 32.9 Å². The van der Waals surface area contributed by atoms with Crippen LogP contribution in [0.25, 0.3) is 21.6 Å². The molecule has 7 heteroatoms. The fourth-order valence-electron chi connectivity index (χ4n) is 2.91. The van der Waals surface area contributed by atoms with Crippen LogP contribution in [-0.4, -0.2) is 39.3 Å². The maximum atomic E-state index is 4.50. The number of H-pyrrole nitrogens is 1. The van der Waals surface area contributed by atoms with Crippen molar-refractivity contribution in [3.8, 4) is 10.6 Å². The highest BCUT2D eigenvalue weighted by molar-refractivity contribution is 7.14. The van der Waals surface area contributed by atoms with E-state index in [-0.39, 0.29) is 0 Å². The van der Waals surface area contributed by atoms with Gasteiger partial charge in [-0.3, -0.25) is 0 Å². The molecule has 0 bridgehead atoms. The largest absolute Gasteiger partial charge is 0.381 e. The molecule has 0 spiro atoms. The molecule has 1 aliphatic carbocycles. The molecule has 3 heterocycles. The van der Waals surface area contributed by atoms with Crippen molar-refractivity contribution in [2.45, 2.75) is 31.8 Å². The predicted molar refractivity (Wildman–Crippen MR) is 89.2 cm³/mol. The molecule has 4 rings (SSSR count). The Morgan fingerprint density at radius 3 is 2.86 bits per heavy atom. The van der Waals surface area contributed by atoms with Gasteiger partial charge in [0.15, 0.2) is 5.01 Å². The van der Waals surface area contributed by atoms with Crippen LogP contribution in [0.1, 0.15) is 17.8 Å². The minimum Gasteiger partial charge on any atom is -0.381 e. The van der Waals surface area contributed by atoms with Crippen molar-refractivity contribution in [3.05, 3.63) is 23.5 Å². The first-order chi connectivity index (χ1) is 10.7. The molecule has 0 saturated heterocycles. The van der Waals surface area contributed by atoms with E-state index in [2.05, 4.69) is 36.9 Å². The summed E-state index contributed by atoms with van der Waals surface area (Å²) in [5.41, 5.74) is 3.05. The number of aromatic amines is 1. The third-order valence-electron chi connectivity index (χ3n) is 4.24. The summed E-state index contributed by atoms with van der Waals surface area (Å²) in [6.45, 7) is 1.97. The van der Waals surface area contributed by atoms with E-state index < -0.39 is 0 Å². The van der Waals surface area contributed by atoms with Crippen LogP contribution in [0.3, 0.4) is 0 Å². The zero-order valence-corrected chi connectivity index (χ0v) is 13.4. The van der Waals surface area contributed by atoms with Crippen molar-refractivity contribution >= 4 is 28.1 Å². The number of nitrogens with zero attached hydrogens (tertiary/aromatic N) is 3. The number of hydrogen-bond donors (Lipinski definition) is 3. The smallest absolute Gasteiger partial charge is 0.151 e. The fourth-order valence-corrected chi connectivity index (χ4v) is 3.61. The number of hydrogen-bond acceptors (Lipinski definition) is 6. The van der Waals surface area contributed by atoms with E-state index in [0.29, 0.717) is 12.1 Å². The summed E-state index contributed by atoms with van der Waals surface area (Å²) < 4.78 is 0. The average molecular weight is 314 g/mol. The van der Waals surface area contributed by atoms with Gasteiger partial charge in [-0.15, -0.1) is 10.2 Å². The van der Waals surface area contributed by atoms with Gasteiger partial charge in [0.1, 0.15) is 10.7 Å². The first-order valence-electron chi connectivity index (χ1n) is 7.45. The summed E-state index contributed by atoms with van der Waals surface area (Å²) in [4.78, 5) is 7.68. The third kappa shape index (κ3) is 2.26. The van der Waals surface area contributed by atoms with Crippen LogP contribution in [0.4, 0.5) is 5.69 Å². The first-order valence-corrected chi connectivity index (χ1v) is 8.26. The molecule has 6 nitrogen and oxygen atoms in total. The summed E-state index contributed by atoms with van der Waals surface area (Å²) in [6, 6.07) is 3.18. The molecule has 22 heavy (non-hydrogen) atoms. The Bertz CT molecular complexity index is 801. The number of pyridine rings is 1. The van der Waals surface area contributed by atoms with E-state index in [1.165, 1.54) is 0 Å². The summed E-state index contributed by atoms with van der Waals surface area (Å²) in [5, 5.41) is 18.4. The molecule has 1 saturated carbocycles. The Morgan fingerprint density at radius 1 is 1.27 bits per heavy atom. The lowest BCUT2D eigenvalue weighted by Gasteiger charge is -2.36. The van der Waals surface area contributed by atoms with E-state index in [0.717, 1.165) is 45.1 Å². The second-order valence-electron chi connectivity index (χ2n) is 5.71. The molecule has 0 aliphatic heterocycles. The highest BCUT2D eigenvalue weighted by Crippen LogP contribution is 2.37. The zero-order chi connectivity index (χ0) is 15.1. The molecular formula is C15H18N6S. The van der Waals surface area contributed by atoms with Crippen LogP contribution in [0.15, 0.2) is 18.5 Å². The maximum absolute atomic E-state index is 4.50. The molecule has 0 radical (unpaired) electrons. The molecule has 3 N–H and O–H groups in total. The van der Waals surface area contributed by atoms with Gasteiger partial charge in [-0.2, -0.15) is 0 Å². The monoisotopic (exact) mass is 314 g/mol. The van der Waals surface area contributed by atoms with Crippen LogP contribution in [0.5, 0.6) is 0 Å². The quantitative estimate of drug-likeness (QED) is 0.690. The van der Waals surface area contributed by atoms with Gasteiger partial charge in [-0.25, -0.2) is 4.98 Å². The molecule has 1 aliphatic rings. The minimum absolute atomic E-state index is 0.491. The Balaban J connectivity index is 1.74. The van der Waals surface area contributed by atoms with Gasteiger partial charge < -0.3 is 15.6 Å². The molecule has 1 fully saturated rings. The van der Waals surface area contributed by atoms with Crippen molar-refractivity contribution in [2.24, 2.45) is 0 Å². The fraction of sp³-hybridized carbons (Fsp3) is 0.400.